The zero-order valence-electron chi connectivity index (χ0n) is 9.60. The van der Waals surface area contributed by atoms with E-state index < -0.39 is 26.5 Å². The summed E-state index contributed by atoms with van der Waals surface area (Å²) >= 11 is 0. The standard InChI is InChI=1S/C10H18O5S/c1-8(2)16(13,14)6-4-10(9(11)12)3-5-15-7-10/h8H,3-7H2,1-2H3,(H,11,12). The second-order valence-corrected chi connectivity index (χ2v) is 7.23. The fourth-order valence-electron chi connectivity index (χ4n) is 1.65. The number of sulfone groups is 1. The summed E-state index contributed by atoms with van der Waals surface area (Å²) < 4.78 is 28.3. The van der Waals surface area contributed by atoms with Crippen LogP contribution in [-0.4, -0.2) is 43.7 Å². The summed E-state index contributed by atoms with van der Waals surface area (Å²) in [5.74, 6) is -1.04. The van der Waals surface area contributed by atoms with Gasteiger partial charge in [0.2, 0.25) is 0 Å². The van der Waals surface area contributed by atoms with Gasteiger partial charge in [-0.05, 0) is 26.7 Å². The monoisotopic (exact) mass is 250 g/mol. The fraction of sp³-hybridized carbons (Fsp3) is 0.900. The molecule has 1 fully saturated rings. The van der Waals surface area contributed by atoms with Crippen LogP contribution < -0.4 is 0 Å². The molecule has 5 nitrogen and oxygen atoms in total. The highest BCUT2D eigenvalue weighted by Gasteiger charge is 2.43. The molecule has 0 saturated carbocycles. The lowest BCUT2D eigenvalue weighted by atomic mass is 9.85. The SMILES string of the molecule is CC(C)S(=O)(=O)CCC1(C(=O)O)CCOC1. The highest BCUT2D eigenvalue weighted by Crippen LogP contribution is 2.33. The van der Waals surface area contributed by atoms with Crippen molar-refractivity contribution in [3.05, 3.63) is 0 Å². The lowest BCUT2D eigenvalue weighted by Gasteiger charge is -2.22. The molecule has 1 heterocycles. The predicted octanol–water partition coefficient (Wildman–Crippen LogP) is 0.691. The van der Waals surface area contributed by atoms with Gasteiger partial charge in [-0.25, -0.2) is 8.42 Å². The van der Waals surface area contributed by atoms with Crippen LogP contribution >= 0.6 is 0 Å². The molecule has 0 radical (unpaired) electrons. The number of hydrogen-bond donors (Lipinski definition) is 1. The molecule has 16 heavy (non-hydrogen) atoms. The minimum Gasteiger partial charge on any atom is -0.481 e. The highest BCUT2D eigenvalue weighted by atomic mass is 32.2. The van der Waals surface area contributed by atoms with Crippen LogP contribution in [-0.2, 0) is 19.4 Å². The van der Waals surface area contributed by atoms with Crippen molar-refractivity contribution in [2.75, 3.05) is 19.0 Å². The first-order valence-corrected chi connectivity index (χ1v) is 7.04. The van der Waals surface area contributed by atoms with E-state index in [4.69, 9.17) is 9.84 Å². The zero-order chi connectivity index (χ0) is 12.4. The highest BCUT2D eigenvalue weighted by molar-refractivity contribution is 7.91. The fourth-order valence-corrected chi connectivity index (χ4v) is 2.80. The summed E-state index contributed by atoms with van der Waals surface area (Å²) in [4.78, 5) is 11.1. The van der Waals surface area contributed by atoms with Gasteiger partial charge in [-0.15, -0.1) is 0 Å². The normalized spacial score (nSPS) is 26.2. The maximum Gasteiger partial charge on any atom is 0.312 e. The molecule has 1 rings (SSSR count). The molecule has 6 heteroatoms. The van der Waals surface area contributed by atoms with E-state index in [1.54, 1.807) is 13.8 Å². The molecule has 0 amide bonds. The van der Waals surface area contributed by atoms with Gasteiger partial charge in [-0.3, -0.25) is 4.79 Å². The molecule has 1 unspecified atom stereocenters. The first-order valence-electron chi connectivity index (χ1n) is 5.33. The Morgan fingerprint density at radius 2 is 2.12 bits per heavy atom. The third-order valence-electron chi connectivity index (χ3n) is 3.14. The summed E-state index contributed by atoms with van der Waals surface area (Å²) in [5, 5.41) is 8.67. The third kappa shape index (κ3) is 2.74. The van der Waals surface area contributed by atoms with Crippen LogP contribution in [0.4, 0.5) is 0 Å². The summed E-state index contributed by atoms with van der Waals surface area (Å²) in [6.07, 6.45) is 0.540. The molecule has 1 aliphatic rings. The first kappa shape index (κ1) is 13.4. The van der Waals surface area contributed by atoms with Crippen LogP contribution in [0.1, 0.15) is 26.7 Å². The van der Waals surface area contributed by atoms with E-state index in [-0.39, 0.29) is 18.8 Å². The molecule has 94 valence electrons. The Hall–Kier alpha value is -0.620. The quantitative estimate of drug-likeness (QED) is 0.776. The van der Waals surface area contributed by atoms with Crippen molar-refractivity contribution in [3.8, 4) is 0 Å². The smallest absolute Gasteiger partial charge is 0.312 e. The van der Waals surface area contributed by atoms with Crippen molar-refractivity contribution < 1.29 is 23.1 Å². The molecule has 1 N–H and O–H groups in total. The van der Waals surface area contributed by atoms with Crippen LogP contribution in [0.2, 0.25) is 0 Å². The predicted molar refractivity (Wildman–Crippen MR) is 59.0 cm³/mol. The lowest BCUT2D eigenvalue weighted by Crippen LogP contribution is -2.34. The van der Waals surface area contributed by atoms with E-state index in [9.17, 15) is 13.2 Å². The molecule has 0 aromatic rings. The Bertz CT molecular complexity index is 351. The van der Waals surface area contributed by atoms with E-state index in [2.05, 4.69) is 0 Å². The largest absolute Gasteiger partial charge is 0.481 e. The summed E-state index contributed by atoms with van der Waals surface area (Å²) in [6, 6.07) is 0. The minimum atomic E-state index is -3.18. The lowest BCUT2D eigenvalue weighted by molar-refractivity contribution is -0.149. The Kier molecular flexibility index (Phi) is 3.96. The number of hydrogen-bond acceptors (Lipinski definition) is 4. The Morgan fingerprint density at radius 3 is 2.50 bits per heavy atom. The molecule has 0 aliphatic carbocycles. The van der Waals surface area contributed by atoms with Crippen molar-refractivity contribution in [1.29, 1.82) is 0 Å². The summed E-state index contributed by atoms with van der Waals surface area (Å²) in [5.41, 5.74) is -0.998. The molecule has 1 aliphatic heterocycles. The Balaban J connectivity index is 2.69. The van der Waals surface area contributed by atoms with Gasteiger partial charge < -0.3 is 9.84 Å². The number of ether oxygens (including phenoxy) is 1. The van der Waals surface area contributed by atoms with Gasteiger partial charge in [-0.2, -0.15) is 0 Å². The molecule has 1 atom stereocenters. The second kappa shape index (κ2) is 4.71. The summed E-state index contributed by atoms with van der Waals surface area (Å²) in [6.45, 7) is 3.73. The number of carbonyl (C=O) groups is 1. The molecule has 0 aromatic carbocycles. The van der Waals surface area contributed by atoms with E-state index in [0.717, 1.165) is 0 Å². The first-order chi connectivity index (χ1) is 7.30. The maximum absolute atomic E-state index is 11.6. The van der Waals surface area contributed by atoms with Crippen LogP contribution in [0.15, 0.2) is 0 Å². The van der Waals surface area contributed by atoms with E-state index >= 15 is 0 Å². The van der Waals surface area contributed by atoms with Crippen molar-refractivity contribution >= 4 is 15.8 Å². The number of carboxylic acids is 1. The van der Waals surface area contributed by atoms with Crippen molar-refractivity contribution in [1.82, 2.24) is 0 Å². The topological polar surface area (TPSA) is 80.7 Å². The number of aliphatic carboxylic acids is 1. The van der Waals surface area contributed by atoms with Gasteiger partial charge in [0.15, 0.2) is 9.84 Å². The van der Waals surface area contributed by atoms with Crippen molar-refractivity contribution in [2.45, 2.75) is 31.9 Å². The number of carboxylic acid groups (broad SMARTS) is 1. The van der Waals surface area contributed by atoms with E-state index in [1.165, 1.54) is 0 Å². The third-order valence-corrected chi connectivity index (χ3v) is 5.35. The molecular weight excluding hydrogens is 232 g/mol. The molecule has 0 spiro atoms. The van der Waals surface area contributed by atoms with E-state index in [0.29, 0.717) is 13.0 Å². The van der Waals surface area contributed by atoms with Gasteiger partial charge in [0.1, 0.15) is 0 Å². The molecular formula is C10H18O5S. The van der Waals surface area contributed by atoms with Crippen LogP contribution in [0.3, 0.4) is 0 Å². The van der Waals surface area contributed by atoms with E-state index in [1.807, 2.05) is 0 Å². The van der Waals surface area contributed by atoms with Crippen LogP contribution in [0.25, 0.3) is 0 Å². The Morgan fingerprint density at radius 1 is 1.50 bits per heavy atom. The molecule has 1 saturated heterocycles. The molecule has 0 bridgehead atoms. The zero-order valence-corrected chi connectivity index (χ0v) is 10.4. The van der Waals surface area contributed by atoms with Crippen molar-refractivity contribution in [3.63, 3.8) is 0 Å². The average molecular weight is 250 g/mol. The van der Waals surface area contributed by atoms with Gasteiger partial charge in [0, 0.05) is 6.61 Å². The minimum absolute atomic E-state index is 0.0830. The van der Waals surface area contributed by atoms with Crippen LogP contribution in [0, 0.1) is 5.41 Å². The summed E-state index contributed by atoms with van der Waals surface area (Å²) in [7, 11) is -3.18. The van der Waals surface area contributed by atoms with Gasteiger partial charge in [-0.1, -0.05) is 0 Å². The number of rotatable bonds is 5. The molecule has 0 aromatic heterocycles. The van der Waals surface area contributed by atoms with Crippen molar-refractivity contribution in [2.24, 2.45) is 5.41 Å². The van der Waals surface area contributed by atoms with Gasteiger partial charge >= 0.3 is 5.97 Å². The van der Waals surface area contributed by atoms with Gasteiger partial charge in [0.05, 0.1) is 23.0 Å². The second-order valence-electron chi connectivity index (χ2n) is 4.55. The van der Waals surface area contributed by atoms with Crippen LogP contribution in [0.5, 0.6) is 0 Å². The average Bonchev–Trinajstić information content (AvgIpc) is 2.64. The van der Waals surface area contributed by atoms with Gasteiger partial charge in [0.25, 0.3) is 0 Å². The Labute approximate surface area is 95.7 Å². The maximum atomic E-state index is 11.6.